The summed E-state index contributed by atoms with van der Waals surface area (Å²) in [5, 5.41) is 0. The third kappa shape index (κ3) is 3.18. The van der Waals surface area contributed by atoms with E-state index in [1.807, 2.05) is 12.1 Å². The van der Waals surface area contributed by atoms with E-state index < -0.39 is 0 Å². The van der Waals surface area contributed by atoms with Crippen LogP contribution >= 0.6 is 0 Å². The third-order valence-electron chi connectivity index (χ3n) is 4.19. The summed E-state index contributed by atoms with van der Waals surface area (Å²) in [4.78, 5) is 4.85. The smallest absolute Gasteiger partial charge is 0.145 e. The molecule has 4 nitrogen and oxygen atoms in total. The zero-order valence-corrected chi connectivity index (χ0v) is 13.1. The lowest BCUT2D eigenvalue weighted by Crippen LogP contribution is -2.38. The number of benzene rings is 1. The van der Waals surface area contributed by atoms with Crippen molar-refractivity contribution in [2.75, 3.05) is 45.8 Å². The van der Waals surface area contributed by atoms with Crippen molar-refractivity contribution in [1.29, 1.82) is 0 Å². The van der Waals surface area contributed by atoms with Crippen molar-refractivity contribution in [3.05, 3.63) is 18.2 Å². The van der Waals surface area contributed by atoms with Gasteiger partial charge in [-0.2, -0.15) is 0 Å². The molecule has 1 heterocycles. The molecule has 2 rings (SSSR count). The Hall–Kier alpha value is -1.42. The minimum absolute atomic E-state index is 0.650. The van der Waals surface area contributed by atoms with Gasteiger partial charge in [-0.1, -0.05) is 6.92 Å². The van der Waals surface area contributed by atoms with Crippen LogP contribution in [-0.2, 0) is 0 Å². The molecule has 0 unspecified atom stereocenters. The summed E-state index contributed by atoms with van der Waals surface area (Å²) in [5.74, 6) is 1.70. The van der Waals surface area contributed by atoms with Crippen molar-refractivity contribution in [2.45, 2.75) is 25.8 Å². The average Bonchev–Trinajstić information content (AvgIpc) is 2.93. The molecule has 0 aromatic heterocycles. The van der Waals surface area contributed by atoms with E-state index in [0.29, 0.717) is 6.04 Å². The molecule has 1 aromatic rings. The highest BCUT2D eigenvalue weighted by atomic mass is 16.5. The van der Waals surface area contributed by atoms with E-state index in [4.69, 9.17) is 9.47 Å². The normalized spacial score (nSPS) is 19.1. The van der Waals surface area contributed by atoms with E-state index in [1.54, 1.807) is 14.2 Å². The van der Waals surface area contributed by atoms with Gasteiger partial charge in [0, 0.05) is 25.7 Å². The van der Waals surface area contributed by atoms with Gasteiger partial charge in [-0.05, 0) is 38.1 Å². The van der Waals surface area contributed by atoms with Crippen LogP contribution < -0.4 is 14.4 Å². The van der Waals surface area contributed by atoms with Gasteiger partial charge in [-0.3, -0.25) is 4.90 Å². The quantitative estimate of drug-likeness (QED) is 0.798. The zero-order chi connectivity index (χ0) is 14.5. The molecule has 112 valence electrons. The molecule has 1 aromatic carbocycles. The largest absolute Gasteiger partial charge is 0.497 e. The number of hydrogen-bond donors (Lipinski definition) is 0. The number of nitrogens with zero attached hydrogens (tertiary/aromatic N) is 2. The Kier molecular flexibility index (Phi) is 5.12. The predicted molar refractivity (Wildman–Crippen MR) is 83.1 cm³/mol. The van der Waals surface area contributed by atoms with Gasteiger partial charge in [-0.15, -0.1) is 0 Å². The molecule has 1 fully saturated rings. The second-order valence-corrected chi connectivity index (χ2v) is 5.34. The maximum absolute atomic E-state index is 5.49. The predicted octanol–water partition coefficient (Wildman–Crippen LogP) is 2.62. The van der Waals surface area contributed by atoms with Crippen LogP contribution in [0.15, 0.2) is 18.2 Å². The maximum atomic E-state index is 5.49. The molecule has 4 heteroatoms. The monoisotopic (exact) mass is 278 g/mol. The standard InChI is InChI=1S/C16H26N2O2/c1-5-18-10-6-7-13(18)12-17(2)15-9-8-14(19-3)11-16(15)20-4/h8-9,11,13H,5-7,10,12H2,1-4H3/t13-/m0/s1. The first-order chi connectivity index (χ1) is 9.69. The highest BCUT2D eigenvalue weighted by Crippen LogP contribution is 2.32. The van der Waals surface area contributed by atoms with Gasteiger partial charge in [-0.25, -0.2) is 0 Å². The summed E-state index contributed by atoms with van der Waals surface area (Å²) in [7, 11) is 5.52. The number of likely N-dealkylation sites (tertiary alicyclic amines) is 1. The zero-order valence-electron chi connectivity index (χ0n) is 13.1. The van der Waals surface area contributed by atoms with Crippen molar-refractivity contribution in [2.24, 2.45) is 0 Å². The van der Waals surface area contributed by atoms with Gasteiger partial charge in [0.2, 0.25) is 0 Å². The summed E-state index contributed by atoms with van der Waals surface area (Å²) in [5.41, 5.74) is 1.12. The van der Waals surface area contributed by atoms with Crippen LogP contribution in [0.4, 0.5) is 5.69 Å². The van der Waals surface area contributed by atoms with Gasteiger partial charge >= 0.3 is 0 Å². The molecular formula is C16H26N2O2. The number of ether oxygens (including phenoxy) is 2. The van der Waals surface area contributed by atoms with Gasteiger partial charge in [0.1, 0.15) is 11.5 Å². The minimum Gasteiger partial charge on any atom is -0.497 e. The average molecular weight is 278 g/mol. The molecule has 1 saturated heterocycles. The van der Waals surface area contributed by atoms with E-state index >= 15 is 0 Å². The van der Waals surface area contributed by atoms with E-state index in [2.05, 4.69) is 29.8 Å². The van der Waals surface area contributed by atoms with Crippen LogP contribution in [0.2, 0.25) is 0 Å². The lowest BCUT2D eigenvalue weighted by atomic mass is 10.2. The fourth-order valence-electron chi connectivity index (χ4n) is 3.03. The SMILES string of the molecule is CCN1CCC[C@H]1CN(C)c1ccc(OC)cc1OC. The van der Waals surface area contributed by atoms with Crippen LogP contribution in [0.3, 0.4) is 0 Å². The fourth-order valence-corrected chi connectivity index (χ4v) is 3.03. The van der Waals surface area contributed by atoms with Gasteiger partial charge in [0.05, 0.1) is 19.9 Å². The Morgan fingerprint density at radius 1 is 1.30 bits per heavy atom. The number of anilines is 1. The Balaban J connectivity index is 2.10. The van der Waals surface area contributed by atoms with Crippen LogP contribution in [0, 0.1) is 0 Å². The van der Waals surface area contributed by atoms with E-state index in [-0.39, 0.29) is 0 Å². The van der Waals surface area contributed by atoms with Crippen molar-refractivity contribution < 1.29 is 9.47 Å². The summed E-state index contributed by atoms with van der Waals surface area (Å²) < 4.78 is 10.7. The molecular weight excluding hydrogens is 252 g/mol. The second-order valence-electron chi connectivity index (χ2n) is 5.34. The molecule has 0 aliphatic carbocycles. The van der Waals surface area contributed by atoms with E-state index in [9.17, 15) is 0 Å². The highest BCUT2D eigenvalue weighted by molar-refractivity contribution is 5.60. The van der Waals surface area contributed by atoms with Crippen LogP contribution in [-0.4, -0.2) is 51.8 Å². The first-order valence-electron chi connectivity index (χ1n) is 7.36. The topological polar surface area (TPSA) is 24.9 Å². The number of methoxy groups -OCH3 is 2. The first kappa shape index (κ1) is 15.0. The summed E-state index contributed by atoms with van der Waals surface area (Å²) >= 11 is 0. The Labute approximate surface area is 122 Å². The third-order valence-corrected chi connectivity index (χ3v) is 4.19. The molecule has 0 amide bonds. The van der Waals surface area contributed by atoms with Crippen molar-refractivity contribution >= 4 is 5.69 Å². The number of rotatable bonds is 6. The molecule has 1 aliphatic rings. The molecule has 0 spiro atoms. The van der Waals surface area contributed by atoms with Crippen LogP contribution in [0.1, 0.15) is 19.8 Å². The number of hydrogen-bond acceptors (Lipinski definition) is 4. The summed E-state index contributed by atoms with van der Waals surface area (Å²) in [6, 6.07) is 6.65. The molecule has 1 atom stereocenters. The Morgan fingerprint density at radius 3 is 2.75 bits per heavy atom. The number of likely N-dealkylation sites (N-methyl/N-ethyl adjacent to an activating group) is 2. The first-order valence-corrected chi connectivity index (χ1v) is 7.36. The lowest BCUT2D eigenvalue weighted by Gasteiger charge is -2.29. The van der Waals surface area contributed by atoms with Gasteiger partial charge in [0.15, 0.2) is 0 Å². The Morgan fingerprint density at radius 2 is 2.10 bits per heavy atom. The highest BCUT2D eigenvalue weighted by Gasteiger charge is 2.24. The molecule has 0 N–H and O–H groups in total. The maximum Gasteiger partial charge on any atom is 0.145 e. The summed E-state index contributed by atoms with van der Waals surface area (Å²) in [6.45, 7) is 5.65. The molecule has 20 heavy (non-hydrogen) atoms. The molecule has 1 aliphatic heterocycles. The minimum atomic E-state index is 0.650. The van der Waals surface area contributed by atoms with Gasteiger partial charge in [0.25, 0.3) is 0 Å². The molecule has 0 radical (unpaired) electrons. The summed E-state index contributed by atoms with van der Waals surface area (Å²) in [6.07, 6.45) is 2.60. The van der Waals surface area contributed by atoms with Crippen molar-refractivity contribution in [3.8, 4) is 11.5 Å². The Bertz CT molecular complexity index is 436. The van der Waals surface area contributed by atoms with Crippen LogP contribution in [0.25, 0.3) is 0 Å². The van der Waals surface area contributed by atoms with Crippen molar-refractivity contribution in [3.63, 3.8) is 0 Å². The van der Waals surface area contributed by atoms with E-state index in [0.717, 1.165) is 30.3 Å². The molecule has 0 bridgehead atoms. The van der Waals surface area contributed by atoms with Gasteiger partial charge < -0.3 is 14.4 Å². The lowest BCUT2D eigenvalue weighted by molar-refractivity contribution is 0.270. The van der Waals surface area contributed by atoms with Crippen LogP contribution in [0.5, 0.6) is 11.5 Å². The molecule has 0 saturated carbocycles. The van der Waals surface area contributed by atoms with Crippen molar-refractivity contribution in [1.82, 2.24) is 4.90 Å². The van der Waals surface area contributed by atoms with E-state index in [1.165, 1.54) is 19.4 Å². The fraction of sp³-hybridized carbons (Fsp3) is 0.625. The second kappa shape index (κ2) is 6.84.